The number of halogens is 1. The number of benzene rings is 3. The predicted octanol–water partition coefficient (Wildman–Crippen LogP) is 8.15. The molecule has 0 amide bonds. The molecule has 0 spiro atoms. The number of methoxy groups -OCH3 is 1. The number of Topliss-reactive ketones (excluding diaryl/α,β-unsaturated/α-hetero) is 1. The zero-order valence-electron chi connectivity index (χ0n) is 23.1. The van der Waals surface area contributed by atoms with Gasteiger partial charge in [-0.1, -0.05) is 72.3 Å². The van der Waals surface area contributed by atoms with Gasteiger partial charge in [0.2, 0.25) is 0 Å². The molecule has 4 aromatic rings. The normalized spacial score (nSPS) is 14.5. The van der Waals surface area contributed by atoms with Crippen LogP contribution in [-0.4, -0.2) is 40.7 Å². The third kappa shape index (κ3) is 7.27. The number of ether oxygens (including phenoxy) is 1. The van der Waals surface area contributed by atoms with E-state index in [0.717, 1.165) is 40.6 Å². The number of esters is 1. The summed E-state index contributed by atoms with van der Waals surface area (Å²) in [6.45, 7) is 0. The summed E-state index contributed by atoms with van der Waals surface area (Å²) < 4.78 is 4.89. The van der Waals surface area contributed by atoms with Crippen LogP contribution in [0.15, 0.2) is 78.9 Å². The van der Waals surface area contributed by atoms with E-state index in [-0.39, 0.29) is 34.9 Å². The molecular formula is C34H30ClNO5S. The molecule has 0 aliphatic heterocycles. The van der Waals surface area contributed by atoms with E-state index in [1.165, 1.54) is 7.11 Å². The van der Waals surface area contributed by atoms with Crippen molar-refractivity contribution in [3.05, 3.63) is 112 Å². The number of hydrogen-bond donors (Lipinski definition) is 1. The van der Waals surface area contributed by atoms with Crippen LogP contribution in [0.5, 0.6) is 0 Å². The molecule has 0 unspecified atom stereocenters. The molecule has 1 atom stereocenters. The molecule has 42 heavy (non-hydrogen) atoms. The molecule has 1 aliphatic rings. The lowest BCUT2D eigenvalue weighted by atomic mass is 9.97. The number of rotatable bonds is 12. The molecule has 1 N–H and O–H groups in total. The largest absolute Gasteiger partial charge is 0.481 e. The summed E-state index contributed by atoms with van der Waals surface area (Å²) in [4.78, 5) is 42.0. The van der Waals surface area contributed by atoms with Crippen LogP contribution in [0.1, 0.15) is 68.5 Å². The number of fused-ring (bicyclic) bond motifs is 1. The average molecular weight is 600 g/mol. The van der Waals surface area contributed by atoms with Crippen molar-refractivity contribution in [3.8, 4) is 0 Å². The zero-order valence-corrected chi connectivity index (χ0v) is 24.7. The molecule has 1 aliphatic carbocycles. The lowest BCUT2D eigenvalue weighted by Crippen LogP contribution is -2.15. The number of nitrogens with zero attached hydrogens (tertiary/aromatic N) is 1. The van der Waals surface area contributed by atoms with Gasteiger partial charge in [-0.15, -0.1) is 0 Å². The fourth-order valence-electron chi connectivity index (χ4n) is 4.96. The monoisotopic (exact) mass is 599 g/mol. The molecule has 3 aromatic carbocycles. The Balaban J connectivity index is 1.40. The first-order valence-corrected chi connectivity index (χ1v) is 15.1. The second-order valence-electron chi connectivity index (χ2n) is 10.6. The fraction of sp³-hybridized carbons (Fsp3) is 0.235. The number of ketones is 1. The van der Waals surface area contributed by atoms with Crippen molar-refractivity contribution in [1.82, 2.24) is 4.98 Å². The number of carbonyl (C=O) groups excluding carboxylic acids is 2. The van der Waals surface area contributed by atoms with E-state index in [1.54, 1.807) is 36.0 Å². The van der Waals surface area contributed by atoms with E-state index in [2.05, 4.69) is 0 Å². The Hall–Kier alpha value is -3.94. The van der Waals surface area contributed by atoms with E-state index < -0.39 is 11.9 Å². The highest BCUT2D eigenvalue weighted by atomic mass is 35.5. The Morgan fingerprint density at radius 3 is 2.50 bits per heavy atom. The van der Waals surface area contributed by atoms with Gasteiger partial charge in [-0.2, -0.15) is 11.8 Å². The summed E-state index contributed by atoms with van der Waals surface area (Å²) in [5.41, 5.74) is 3.83. The Morgan fingerprint density at radius 2 is 1.76 bits per heavy atom. The van der Waals surface area contributed by atoms with Crippen molar-refractivity contribution in [2.45, 2.75) is 30.9 Å². The number of pyridine rings is 1. The predicted molar refractivity (Wildman–Crippen MR) is 168 cm³/mol. The molecule has 0 bridgehead atoms. The van der Waals surface area contributed by atoms with Crippen LogP contribution >= 0.6 is 23.4 Å². The van der Waals surface area contributed by atoms with Crippen molar-refractivity contribution in [2.75, 3.05) is 12.9 Å². The Labute approximate surface area is 253 Å². The minimum absolute atomic E-state index is 0.124. The third-order valence-corrected chi connectivity index (χ3v) is 9.34. The number of aliphatic carboxylic acids is 1. The van der Waals surface area contributed by atoms with Gasteiger partial charge in [-0.3, -0.25) is 9.59 Å². The van der Waals surface area contributed by atoms with Gasteiger partial charge in [0.1, 0.15) is 0 Å². The van der Waals surface area contributed by atoms with E-state index in [1.807, 2.05) is 66.7 Å². The van der Waals surface area contributed by atoms with Gasteiger partial charge in [0, 0.05) is 33.4 Å². The summed E-state index contributed by atoms with van der Waals surface area (Å²) in [6.07, 6.45) is 5.92. The first-order chi connectivity index (χ1) is 20.2. The number of carbonyl (C=O) groups is 3. The minimum atomic E-state index is -0.801. The second kappa shape index (κ2) is 12.9. The SMILES string of the molecule is COC(=O)c1ccccc1C(=O)C[C@@H](SCC1(CC(=O)O)CC1)c1cccc(/C=C/c2ccc3ccc(Cl)cc3n2)c1. The summed E-state index contributed by atoms with van der Waals surface area (Å²) in [6, 6.07) is 24.2. The summed E-state index contributed by atoms with van der Waals surface area (Å²) in [5.74, 6) is -0.890. The van der Waals surface area contributed by atoms with Crippen LogP contribution in [0.3, 0.4) is 0 Å². The van der Waals surface area contributed by atoms with E-state index >= 15 is 0 Å². The molecule has 0 saturated heterocycles. The Morgan fingerprint density at radius 1 is 1.00 bits per heavy atom. The topological polar surface area (TPSA) is 93.6 Å². The molecule has 6 nitrogen and oxygen atoms in total. The van der Waals surface area contributed by atoms with E-state index in [0.29, 0.717) is 16.3 Å². The quantitative estimate of drug-likeness (QED) is 0.130. The molecule has 1 saturated carbocycles. The van der Waals surface area contributed by atoms with Gasteiger partial charge < -0.3 is 9.84 Å². The van der Waals surface area contributed by atoms with Crippen LogP contribution in [0.4, 0.5) is 0 Å². The van der Waals surface area contributed by atoms with Gasteiger partial charge in [0.15, 0.2) is 5.78 Å². The number of aromatic nitrogens is 1. The highest BCUT2D eigenvalue weighted by Crippen LogP contribution is 2.53. The highest BCUT2D eigenvalue weighted by Gasteiger charge is 2.44. The maximum Gasteiger partial charge on any atom is 0.338 e. The molecule has 8 heteroatoms. The molecule has 1 fully saturated rings. The summed E-state index contributed by atoms with van der Waals surface area (Å²) >= 11 is 7.75. The van der Waals surface area contributed by atoms with Gasteiger partial charge in [0.05, 0.1) is 30.3 Å². The van der Waals surface area contributed by atoms with E-state index in [4.69, 9.17) is 21.3 Å². The van der Waals surface area contributed by atoms with Crippen LogP contribution in [0.2, 0.25) is 5.02 Å². The van der Waals surface area contributed by atoms with Crippen molar-refractivity contribution in [2.24, 2.45) is 5.41 Å². The summed E-state index contributed by atoms with van der Waals surface area (Å²) in [5, 5.41) is 10.8. The second-order valence-corrected chi connectivity index (χ2v) is 12.2. The van der Waals surface area contributed by atoms with E-state index in [9.17, 15) is 19.5 Å². The molecule has 1 heterocycles. The molecule has 0 radical (unpaired) electrons. The maximum absolute atomic E-state index is 13.6. The fourth-order valence-corrected chi connectivity index (χ4v) is 6.68. The minimum Gasteiger partial charge on any atom is -0.481 e. The molecule has 5 rings (SSSR count). The zero-order chi connectivity index (χ0) is 29.7. The standard InChI is InChI=1S/C34H30ClNO5S/c1-41-33(40)28-8-3-2-7-27(28)30(37)19-31(42-21-34(15-16-34)20-32(38)39)24-6-4-5-22(17-24)9-13-26-14-11-23-10-12-25(35)18-29(23)36-26/h2-14,17-18,31H,15-16,19-21H2,1H3,(H,38,39)/b13-9+/t31-/m1/s1. The Kier molecular flexibility index (Phi) is 9.09. The van der Waals surface area contributed by atoms with Crippen LogP contribution < -0.4 is 0 Å². The smallest absolute Gasteiger partial charge is 0.338 e. The van der Waals surface area contributed by atoms with Crippen molar-refractivity contribution in [1.29, 1.82) is 0 Å². The van der Waals surface area contributed by atoms with Crippen LogP contribution in [0.25, 0.3) is 23.1 Å². The van der Waals surface area contributed by atoms with Crippen molar-refractivity contribution in [3.63, 3.8) is 0 Å². The molecular weight excluding hydrogens is 570 g/mol. The van der Waals surface area contributed by atoms with Crippen molar-refractivity contribution < 1.29 is 24.2 Å². The first-order valence-electron chi connectivity index (χ1n) is 13.6. The maximum atomic E-state index is 13.6. The molecule has 1 aromatic heterocycles. The van der Waals surface area contributed by atoms with Crippen LogP contribution in [0, 0.1) is 5.41 Å². The van der Waals surface area contributed by atoms with Crippen molar-refractivity contribution >= 4 is 64.1 Å². The number of thioether (sulfide) groups is 1. The summed E-state index contributed by atoms with van der Waals surface area (Å²) in [7, 11) is 1.29. The first kappa shape index (κ1) is 29.5. The van der Waals surface area contributed by atoms with Crippen LogP contribution in [-0.2, 0) is 9.53 Å². The third-order valence-electron chi connectivity index (χ3n) is 7.48. The van der Waals surface area contributed by atoms with Gasteiger partial charge in [-0.05, 0) is 59.7 Å². The lowest BCUT2D eigenvalue weighted by molar-refractivity contribution is -0.138. The van der Waals surface area contributed by atoms with Gasteiger partial charge >= 0.3 is 11.9 Å². The number of hydrogen-bond acceptors (Lipinski definition) is 6. The average Bonchev–Trinajstić information content (AvgIpc) is 3.76. The van der Waals surface area contributed by atoms with Gasteiger partial charge in [0.25, 0.3) is 0 Å². The highest BCUT2D eigenvalue weighted by molar-refractivity contribution is 7.99. The Bertz CT molecular complexity index is 1680. The number of carboxylic acid groups (broad SMARTS) is 1. The lowest BCUT2D eigenvalue weighted by Gasteiger charge is -2.21. The van der Waals surface area contributed by atoms with Gasteiger partial charge in [-0.25, -0.2) is 9.78 Å². The number of carboxylic acids is 1. The molecule has 214 valence electrons.